The van der Waals surface area contributed by atoms with Crippen molar-refractivity contribution in [2.75, 3.05) is 18.5 Å². The second-order valence-electron chi connectivity index (χ2n) is 4.44. The number of nitrogens with one attached hydrogen (secondary N) is 1. The van der Waals surface area contributed by atoms with Crippen LogP contribution in [0.4, 0.5) is 11.5 Å². The Morgan fingerprint density at radius 2 is 1.95 bits per heavy atom. The standard InChI is InChI=1S/C15H20N4/c1-3-9-16-10-13-11-17-12-15(18-13)19(2)14-7-5-4-6-8-14/h4-8,11-12,16H,3,9-10H2,1-2H3. The van der Waals surface area contributed by atoms with Gasteiger partial charge in [0.25, 0.3) is 0 Å². The first-order chi connectivity index (χ1) is 9.31. The number of hydrogen-bond acceptors (Lipinski definition) is 4. The summed E-state index contributed by atoms with van der Waals surface area (Å²) < 4.78 is 0. The number of anilines is 2. The van der Waals surface area contributed by atoms with Crippen molar-refractivity contribution in [3.8, 4) is 0 Å². The molecule has 0 radical (unpaired) electrons. The average molecular weight is 256 g/mol. The Morgan fingerprint density at radius 3 is 2.68 bits per heavy atom. The van der Waals surface area contributed by atoms with Crippen LogP contribution in [0.2, 0.25) is 0 Å². The predicted octanol–water partition coefficient (Wildman–Crippen LogP) is 2.74. The van der Waals surface area contributed by atoms with Gasteiger partial charge in [-0.05, 0) is 25.1 Å². The van der Waals surface area contributed by atoms with E-state index in [4.69, 9.17) is 0 Å². The largest absolute Gasteiger partial charge is 0.328 e. The Bertz CT molecular complexity index is 499. The van der Waals surface area contributed by atoms with Crippen LogP contribution in [0.1, 0.15) is 19.0 Å². The first-order valence-electron chi connectivity index (χ1n) is 6.61. The molecule has 0 unspecified atom stereocenters. The molecule has 1 N–H and O–H groups in total. The van der Waals surface area contributed by atoms with Crippen molar-refractivity contribution in [3.05, 3.63) is 48.4 Å². The van der Waals surface area contributed by atoms with E-state index in [2.05, 4.69) is 34.3 Å². The molecule has 2 aromatic rings. The summed E-state index contributed by atoms with van der Waals surface area (Å²) in [7, 11) is 2.00. The van der Waals surface area contributed by atoms with Gasteiger partial charge in [-0.1, -0.05) is 25.1 Å². The molecule has 0 fully saturated rings. The zero-order chi connectivity index (χ0) is 13.5. The van der Waals surface area contributed by atoms with Crippen molar-refractivity contribution in [3.63, 3.8) is 0 Å². The molecule has 2 rings (SSSR count). The predicted molar refractivity (Wildman–Crippen MR) is 78.5 cm³/mol. The quantitative estimate of drug-likeness (QED) is 0.807. The molecular weight excluding hydrogens is 236 g/mol. The normalized spacial score (nSPS) is 10.4. The number of hydrogen-bond donors (Lipinski definition) is 1. The van der Waals surface area contributed by atoms with E-state index in [9.17, 15) is 0 Å². The fraction of sp³-hybridized carbons (Fsp3) is 0.333. The van der Waals surface area contributed by atoms with Gasteiger partial charge in [-0.15, -0.1) is 0 Å². The third-order valence-electron chi connectivity index (χ3n) is 2.89. The summed E-state index contributed by atoms with van der Waals surface area (Å²) in [6, 6.07) is 10.2. The number of para-hydroxylation sites is 1. The van der Waals surface area contributed by atoms with Gasteiger partial charge in [-0.2, -0.15) is 0 Å². The third kappa shape index (κ3) is 3.76. The van der Waals surface area contributed by atoms with E-state index in [0.717, 1.165) is 36.7 Å². The Hall–Kier alpha value is -1.94. The summed E-state index contributed by atoms with van der Waals surface area (Å²) in [6.45, 7) is 3.91. The van der Waals surface area contributed by atoms with Crippen molar-refractivity contribution >= 4 is 11.5 Å². The molecule has 0 aliphatic heterocycles. The fourth-order valence-corrected chi connectivity index (χ4v) is 1.82. The SMILES string of the molecule is CCCNCc1cncc(N(C)c2ccccc2)n1. The van der Waals surface area contributed by atoms with E-state index >= 15 is 0 Å². The highest BCUT2D eigenvalue weighted by Gasteiger charge is 2.06. The summed E-state index contributed by atoms with van der Waals surface area (Å²) >= 11 is 0. The Balaban J connectivity index is 2.10. The highest BCUT2D eigenvalue weighted by atomic mass is 15.2. The van der Waals surface area contributed by atoms with Crippen molar-refractivity contribution < 1.29 is 0 Å². The number of nitrogens with zero attached hydrogens (tertiary/aromatic N) is 3. The van der Waals surface area contributed by atoms with Gasteiger partial charge in [0.05, 0.1) is 11.9 Å². The van der Waals surface area contributed by atoms with E-state index in [1.807, 2.05) is 36.3 Å². The summed E-state index contributed by atoms with van der Waals surface area (Å²) in [6.07, 6.45) is 4.72. The van der Waals surface area contributed by atoms with Gasteiger partial charge in [0.15, 0.2) is 5.82 Å². The molecule has 0 spiro atoms. The minimum Gasteiger partial charge on any atom is -0.328 e. The van der Waals surface area contributed by atoms with Gasteiger partial charge in [-0.3, -0.25) is 4.98 Å². The lowest BCUT2D eigenvalue weighted by Crippen LogP contribution is -2.17. The van der Waals surface area contributed by atoms with Crippen LogP contribution in [0.15, 0.2) is 42.7 Å². The van der Waals surface area contributed by atoms with Crippen LogP contribution in [-0.4, -0.2) is 23.6 Å². The molecule has 0 bridgehead atoms. The molecule has 1 aromatic heterocycles. The Kier molecular flexibility index (Phi) is 4.86. The van der Waals surface area contributed by atoms with Crippen LogP contribution >= 0.6 is 0 Å². The summed E-state index contributed by atoms with van der Waals surface area (Å²) in [5, 5.41) is 3.34. The Labute approximate surface area is 114 Å². The monoisotopic (exact) mass is 256 g/mol. The van der Waals surface area contributed by atoms with Gasteiger partial charge in [0, 0.05) is 25.5 Å². The minimum absolute atomic E-state index is 0.761. The number of rotatable bonds is 6. The molecule has 4 heteroatoms. The first kappa shape index (κ1) is 13.5. The van der Waals surface area contributed by atoms with Crippen LogP contribution in [-0.2, 0) is 6.54 Å². The van der Waals surface area contributed by atoms with Crippen LogP contribution in [0.3, 0.4) is 0 Å². The second kappa shape index (κ2) is 6.85. The maximum absolute atomic E-state index is 4.62. The van der Waals surface area contributed by atoms with Crippen LogP contribution < -0.4 is 10.2 Å². The molecule has 0 saturated heterocycles. The molecule has 19 heavy (non-hydrogen) atoms. The smallest absolute Gasteiger partial charge is 0.151 e. The van der Waals surface area contributed by atoms with Crippen LogP contribution in [0.5, 0.6) is 0 Å². The molecular formula is C15H20N4. The van der Waals surface area contributed by atoms with Crippen molar-refractivity contribution in [2.24, 2.45) is 0 Å². The third-order valence-corrected chi connectivity index (χ3v) is 2.89. The zero-order valence-corrected chi connectivity index (χ0v) is 11.5. The highest BCUT2D eigenvalue weighted by Crippen LogP contribution is 2.20. The van der Waals surface area contributed by atoms with Crippen molar-refractivity contribution in [1.82, 2.24) is 15.3 Å². The molecule has 100 valence electrons. The number of aromatic nitrogens is 2. The molecule has 0 saturated carbocycles. The van der Waals surface area contributed by atoms with Gasteiger partial charge >= 0.3 is 0 Å². The highest BCUT2D eigenvalue weighted by molar-refractivity contribution is 5.57. The lowest BCUT2D eigenvalue weighted by Gasteiger charge is -2.18. The average Bonchev–Trinajstić information content (AvgIpc) is 2.48. The van der Waals surface area contributed by atoms with Crippen LogP contribution in [0.25, 0.3) is 0 Å². The minimum atomic E-state index is 0.761. The summed E-state index contributed by atoms with van der Waals surface area (Å²) in [4.78, 5) is 10.9. The van der Waals surface area contributed by atoms with Crippen molar-refractivity contribution in [2.45, 2.75) is 19.9 Å². The zero-order valence-electron chi connectivity index (χ0n) is 11.5. The van der Waals surface area contributed by atoms with E-state index in [-0.39, 0.29) is 0 Å². The molecule has 1 heterocycles. The lowest BCUT2D eigenvalue weighted by atomic mass is 10.3. The molecule has 1 aromatic carbocycles. The Morgan fingerprint density at radius 1 is 1.16 bits per heavy atom. The fourth-order valence-electron chi connectivity index (χ4n) is 1.82. The van der Waals surface area contributed by atoms with Gasteiger partial charge < -0.3 is 10.2 Å². The summed E-state index contributed by atoms with van der Waals surface area (Å²) in [5.41, 5.74) is 2.07. The van der Waals surface area contributed by atoms with E-state index in [0.29, 0.717) is 0 Å². The van der Waals surface area contributed by atoms with E-state index in [1.54, 1.807) is 6.20 Å². The van der Waals surface area contributed by atoms with Gasteiger partial charge in [-0.25, -0.2) is 4.98 Å². The topological polar surface area (TPSA) is 41.1 Å². The van der Waals surface area contributed by atoms with Gasteiger partial charge in [0.2, 0.25) is 0 Å². The second-order valence-corrected chi connectivity index (χ2v) is 4.44. The molecule has 0 aliphatic rings. The maximum atomic E-state index is 4.62. The lowest BCUT2D eigenvalue weighted by molar-refractivity contribution is 0.662. The molecule has 0 amide bonds. The van der Waals surface area contributed by atoms with E-state index in [1.165, 1.54) is 0 Å². The summed E-state index contributed by atoms with van der Waals surface area (Å²) in [5.74, 6) is 0.863. The molecule has 0 atom stereocenters. The molecule has 0 aliphatic carbocycles. The molecule has 4 nitrogen and oxygen atoms in total. The maximum Gasteiger partial charge on any atom is 0.151 e. The van der Waals surface area contributed by atoms with Crippen LogP contribution in [0, 0.1) is 0 Å². The van der Waals surface area contributed by atoms with Gasteiger partial charge in [0.1, 0.15) is 0 Å². The number of benzene rings is 1. The van der Waals surface area contributed by atoms with E-state index < -0.39 is 0 Å². The first-order valence-corrected chi connectivity index (χ1v) is 6.61. The van der Waals surface area contributed by atoms with Crippen molar-refractivity contribution in [1.29, 1.82) is 0 Å².